The Morgan fingerprint density at radius 2 is 2.00 bits per heavy atom. The van der Waals surface area contributed by atoms with E-state index in [9.17, 15) is 9.59 Å². The van der Waals surface area contributed by atoms with Crippen molar-refractivity contribution in [3.05, 3.63) is 29.3 Å². The molecule has 0 spiro atoms. The molecule has 19 heavy (non-hydrogen) atoms. The second-order valence-corrected chi connectivity index (χ2v) is 4.53. The Morgan fingerprint density at radius 3 is 2.53 bits per heavy atom. The third-order valence-electron chi connectivity index (χ3n) is 3.12. The molecular weight excluding hydrogens is 242 g/mol. The highest BCUT2D eigenvalue weighted by atomic mass is 16.5. The van der Waals surface area contributed by atoms with Crippen LogP contribution in [0.4, 0.5) is 0 Å². The number of carbonyl (C=O) groups is 2. The maximum atomic E-state index is 11.5. The predicted molar refractivity (Wildman–Crippen MR) is 74.4 cm³/mol. The Balaban J connectivity index is 2.76. The minimum Gasteiger partial charge on any atom is -0.496 e. The minimum atomic E-state index is -0.453. The highest BCUT2D eigenvalue weighted by Gasteiger charge is 2.14. The van der Waals surface area contributed by atoms with E-state index in [1.165, 1.54) is 17.4 Å². The fourth-order valence-corrected chi connectivity index (χ4v) is 1.91. The van der Waals surface area contributed by atoms with E-state index >= 15 is 0 Å². The van der Waals surface area contributed by atoms with Gasteiger partial charge in [0.2, 0.25) is 5.78 Å². The lowest BCUT2D eigenvalue weighted by Crippen LogP contribution is -2.33. The van der Waals surface area contributed by atoms with Gasteiger partial charge in [0, 0.05) is 20.5 Å². The summed E-state index contributed by atoms with van der Waals surface area (Å²) in [5.41, 5.74) is 2.29. The van der Waals surface area contributed by atoms with Crippen LogP contribution in [0.3, 0.4) is 0 Å². The Kier molecular flexibility index (Phi) is 5.55. The number of amides is 1. The second kappa shape index (κ2) is 6.92. The van der Waals surface area contributed by atoms with E-state index < -0.39 is 11.7 Å². The minimum absolute atomic E-state index is 0.434. The smallest absolute Gasteiger partial charge is 0.289 e. The SMILES string of the molecule is CCc1ccc(OC)c(CCN(C)C(=O)C(C)=O)c1. The Labute approximate surface area is 114 Å². The monoisotopic (exact) mass is 263 g/mol. The van der Waals surface area contributed by atoms with Gasteiger partial charge in [0.15, 0.2) is 0 Å². The van der Waals surface area contributed by atoms with Crippen LogP contribution < -0.4 is 4.74 Å². The van der Waals surface area contributed by atoms with E-state index in [4.69, 9.17) is 4.74 Å². The van der Waals surface area contributed by atoms with Crippen LogP contribution in [0.2, 0.25) is 0 Å². The first-order valence-corrected chi connectivity index (χ1v) is 6.41. The van der Waals surface area contributed by atoms with Gasteiger partial charge in [0.25, 0.3) is 5.91 Å². The Bertz CT molecular complexity index is 468. The number of benzene rings is 1. The van der Waals surface area contributed by atoms with Gasteiger partial charge in [0.05, 0.1) is 7.11 Å². The molecule has 1 aromatic rings. The van der Waals surface area contributed by atoms with Gasteiger partial charge < -0.3 is 9.64 Å². The van der Waals surface area contributed by atoms with Gasteiger partial charge in [-0.25, -0.2) is 0 Å². The molecule has 1 aromatic carbocycles. The predicted octanol–water partition coefficient (Wildman–Crippen LogP) is 1.85. The number of ether oxygens (including phenoxy) is 1. The van der Waals surface area contributed by atoms with Crippen molar-refractivity contribution in [2.24, 2.45) is 0 Å². The molecule has 0 aliphatic rings. The van der Waals surface area contributed by atoms with Crippen molar-refractivity contribution in [1.82, 2.24) is 4.90 Å². The molecule has 0 heterocycles. The van der Waals surface area contributed by atoms with Crippen LogP contribution in [-0.4, -0.2) is 37.3 Å². The first-order valence-electron chi connectivity index (χ1n) is 6.41. The fraction of sp³-hybridized carbons (Fsp3) is 0.467. The molecule has 0 saturated heterocycles. The first-order chi connectivity index (χ1) is 8.99. The summed E-state index contributed by atoms with van der Waals surface area (Å²) in [4.78, 5) is 23.9. The van der Waals surface area contributed by atoms with Crippen LogP contribution in [0.15, 0.2) is 18.2 Å². The quantitative estimate of drug-likeness (QED) is 0.736. The van der Waals surface area contributed by atoms with Gasteiger partial charge in [-0.15, -0.1) is 0 Å². The van der Waals surface area contributed by atoms with Gasteiger partial charge in [-0.2, -0.15) is 0 Å². The average molecular weight is 263 g/mol. The lowest BCUT2D eigenvalue weighted by molar-refractivity contribution is -0.142. The van der Waals surface area contributed by atoms with E-state index in [-0.39, 0.29) is 0 Å². The standard InChI is InChI=1S/C15H21NO3/c1-5-12-6-7-14(19-4)13(10-12)8-9-16(3)15(18)11(2)17/h6-7,10H,5,8-9H2,1-4H3. The molecule has 1 rings (SSSR count). The van der Waals surface area contributed by atoms with Crippen LogP contribution in [0.5, 0.6) is 5.75 Å². The van der Waals surface area contributed by atoms with E-state index in [2.05, 4.69) is 13.0 Å². The summed E-state index contributed by atoms with van der Waals surface area (Å²) >= 11 is 0. The van der Waals surface area contributed by atoms with Crippen LogP contribution in [0.25, 0.3) is 0 Å². The zero-order valence-electron chi connectivity index (χ0n) is 12.0. The fourth-order valence-electron chi connectivity index (χ4n) is 1.91. The van der Waals surface area contributed by atoms with E-state index in [1.54, 1.807) is 14.2 Å². The summed E-state index contributed by atoms with van der Waals surface area (Å²) in [7, 11) is 3.27. The number of Topliss-reactive ketones (excluding diaryl/α,β-unsaturated/α-hetero) is 1. The molecule has 0 aliphatic heterocycles. The maximum Gasteiger partial charge on any atom is 0.289 e. The third-order valence-corrected chi connectivity index (χ3v) is 3.12. The molecule has 0 N–H and O–H groups in total. The molecule has 0 radical (unpaired) electrons. The number of likely N-dealkylation sites (N-methyl/N-ethyl adjacent to an activating group) is 1. The van der Waals surface area contributed by atoms with E-state index in [1.807, 2.05) is 12.1 Å². The molecular formula is C15H21NO3. The zero-order chi connectivity index (χ0) is 14.4. The van der Waals surface area contributed by atoms with E-state index in [0.29, 0.717) is 13.0 Å². The number of hydrogen-bond acceptors (Lipinski definition) is 3. The summed E-state index contributed by atoms with van der Waals surface area (Å²) in [5.74, 6) is -0.0664. The molecule has 0 saturated carbocycles. The molecule has 0 atom stereocenters. The zero-order valence-corrected chi connectivity index (χ0v) is 12.0. The highest BCUT2D eigenvalue weighted by molar-refractivity contribution is 6.34. The summed E-state index contributed by atoms with van der Waals surface area (Å²) in [6.45, 7) is 3.88. The molecule has 104 valence electrons. The van der Waals surface area contributed by atoms with Gasteiger partial charge in [-0.1, -0.05) is 19.1 Å². The number of aryl methyl sites for hydroxylation is 1. The molecule has 0 unspecified atom stereocenters. The normalized spacial score (nSPS) is 10.1. The van der Waals surface area contributed by atoms with Crippen molar-refractivity contribution in [3.63, 3.8) is 0 Å². The largest absolute Gasteiger partial charge is 0.496 e. The van der Waals surface area contributed by atoms with Crippen LogP contribution in [-0.2, 0) is 22.4 Å². The number of nitrogens with zero attached hydrogens (tertiary/aromatic N) is 1. The molecule has 0 fully saturated rings. The van der Waals surface area contributed by atoms with Gasteiger partial charge in [0.1, 0.15) is 5.75 Å². The number of hydrogen-bond donors (Lipinski definition) is 0. The highest BCUT2D eigenvalue weighted by Crippen LogP contribution is 2.21. The van der Waals surface area contributed by atoms with Gasteiger partial charge >= 0.3 is 0 Å². The molecule has 1 amide bonds. The molecule has 0 aliphatic carbocycles. The van der Waals surface area contributed by atoms with Crippen molar-refractivity contribution in [1.29, 1.82) is 0 Å². The van der Waals surface area contributed by atoms with Gasteiger partial charge in [-0.3, -0.25) is 9.59 Å². The lowest BCUT2D eigenvalue weighted by atomic mass is 10.0. The number of rotatable bonds is 6. The molecule has 4 heteroatoms. The van der Waals surface area contributed by atoms with Crippen molar-refractivity contribution in [3.8, 4) is 5.75 Å². The van der Waals surface area contributed by atoms with Gasteiger partial charge in [-0.05, 0) is 30.0 Å². The van der Waals surface area contributed by atoms with E-state index in [0.717, 1.165) is 17.7 Å². The van der Waals surface area contributed by atoms with Crippen LogP contribution in [0.1, 0.15) is 25.0 Å². The Hall–Kier alpha value is -1.84. The molecule has 0 aromatic heterocycles. The summed E-state index contributed by atoms with van der Waals surface area (Å²) in [6.07, 6.45) is 1.63. The van der Waals surface area contributed by atoms with Crippen molar-refractivity contribution in [2.75, 3.05) is 20.7 Å². The lowest BCUT2D eigenvalue weighted by Gasteiger charge is -2.17. The molecule has 0 bridgehead atoms. The summed E-state index contributed by atoms with van der Waals surface area (Å²) < 4.78 is 5.31. The summed E-state index contributed by atoms with van der Waals surface area (Å²) in [5, 5.41) is 0. The third kappa shape index (κ3) is 4.09. The van der Waals surface area contributed by atoms with Crippen LogP contribution >= 0.6 is 0 Å². The summed E-state index contributed by atoms with van der Waals surface area (Å²) in [6, 6.07) is 6.07. The first kappa shape index (κ1) is 15.2. The van der Waals surface area contributed by atoms with Crippen molar-refractivity contribution < 1.29 is 14.3 Å². The van der Waals surface area contributed by atoms with Crippen molar-refractivity contribution in [2.45, 2.75) is 26.7 Å². The second-order valence-electron chi connectivity index (χ2n) is 4.53. The van der Waals surface area contributed by atoms with Crippen LogP contribution in [0, 0.1) is 0 Å². The maximum absolute atomic E-state index is 11.5. The van der Waals surface area contributed by atoms with Crippen molar-refractivity contribution >= 4 is 11.7 Å². The molecule has 4 nitrogen and oxygen atoms in total. The average Bonchev–Trinajstić information content (AvgIpc) is 2.43. The topological polar surface area (TPSA) is 46.6 Å². The Morgan fingerprint density at radius 1 is 1.32 bits per heavy atom. The number of ketones is 1. The number of carbonyl (C=O) groups excluding carboxylic acids is 2. The number of methoxy groups -OCH3 is 1.